The lowest BCUT2D eigenvalue weighted by atomic mass is 10.3. The van der Waals surface area contributed by atoms with E-state index in [0.29, 0.717) is 13.0 Å². The minimum Gasteiger partial charge on any atom is -0.492 e. The molecule has 17 heavy (non-hydrogen) atoms. The fourth-order valence-electron chi connectivity index (χ4n) is 1.28. The van der Waals surface area contributed by atoms with Gasteiger partial charge in [0.15, 0.2) is 0 Å². The van der Waals surface area contributed by atoms with E-state index in [1.165, 1.54) is 0 Å². The van der Waals surface area contributed by atoms with Gasteiger partial charge in [-0.1, -0.05) is 15.9 Å². The van der Waals surface area contributed by atoms with Crippen molar-refractivity contribution in [2.45, 2.75) is 12.8 Å². The minimum atomic E-state index is -0.252. The van der Waals surface area contributed by atoms with Crippen molar-refractivity contribution in [2.75, 3.05) is 19.7 Å². The Labute approximate surface area is 110 Å². The molecule has 0 spiro atoms. The second-order valence-corrected chi connectivity index (χ2v) is 4.54. The van der Waals surface area contributed by atoms with Crippen LogP contribution in [0, 0.1) is 0 Å². The molecular formula is C12H17BrN2O2. The highest BCUT2D eigenvalue weighted by atomic mass is 79.9. The maximum Gasteiger partial charge on any atom is 0.217 e. The van der Waals surface area contributed by atoms with Crippen LogP contribution in [0.25, 0.3) is 0 Å². The molecule has 0 aromatic heterocycles. The Kier molecular flexibility index (Phi) is 6.65. The number of halogens is 1. The predicted octanol–water partition coefficient (Wildman–Crippen LogP) is 1.68. The summed E-state index contributed by atoms with van der Waals surface area (Å²) in [6.45, 7) is 2.15. The van der Waals surface area contributed by atoms with E-state index in [1.807, 2.05) is 24.3 Å². The van der Waals surface area contributed by atoms with E-state index in [9.17, 15) is 4.79 Å². The second kappa shape index (κ2) is 8.08. The van der Waals surface area contributed by atoms with Gasteiger partial charge in [-0.3, -0.25) is 4.79 Å². The number of amides is 1. The third-order valence-electron chi connectivity index (χ3n) is 2.14. The second-order valence-electron chi connectivity index (χ2n) is 3.62. The van der Waals surface area contributed by atoms with Crippen molar-refractivity contribution >= 4 is 21.8 Å². The topological polar surface area (TPSA) is 64.4 Å². The van der Waals surface area contributed by atoms with Crippen LogP contribution in [0.15, 0.2) is 28.7 Å². The van der Waals surface area contributed by atoms with Gasteiger partial charge >= 0.3 is 0 Å². The Balaban J connectivity index is 2.01. The first kappa shape index (κ1) is 14.0. The van der Waals surface area contributed by atoms with Crippen LogP contribution in [0.4, 0.5) is 0 Å². The molecule has 94 valence electrons. The average molecular weight is 301 g/mol. The van der Waals surface area contributed by atoms with Crippen LogP contribution in [-0.2, 0) is 4.79 Å². The van der Waals surface area contributed by atoms with Crippen LogP contribution in [0.3, 0.4) is 0 Å². The van der Waals surface area contributed by atoms with E-state index >= 15 is 0 Å². The summed E-state index contributed by atoms with van der Waals surface area (Å²) < 4.78 is 6.55. The number of primary amides is 1. The molecule has 0 atom stereocenters. The Morgan fingerprint density at radius 3 is 2.65 bits per heavy atom. The lowest BCUT2D eigenvalue weighted by Gasteiger charge is -2.07. The molecule has 0 aliphatic rings. The number of rotatable bonds is 8. The molecule has 0 aliphatic heterocycles. The van der Waals surface area contributed by atoms with Crippen molar-refractivity contribution < 1.29 is 9.53 Å². The summed E-state index contributed by atoms with van der Waals surface area (Å²) in [5.74, 6) is 0.602. The van der Waals surface area contributed by atoms with E-state index in [2.05, 4.69) is 21.2 Å². The third kappa shape index (κ3) is 6.97. The zero-order valence-corrected chi connectivity index (χ0v) is 11.2. The van der Waals surface area contributed by atoms with Crippen molar-refractivity contribution in [2.24, 2.45) is 5.73 Å². The lowest BCUT2D eigenvalue weighted by molar-refractivity contribution is -0.118. The molecule has 1 aromatic carbocycles. The fraction of sp³-hybridized carbons (Fsp3) is 0.417. The molecule has 1 amide bonds. The molecule has 1 aromatic rings. The summed E-state index contributed by atoms with van der Waals surface area (Å²) in [4.78, 5) is 10.5. The molecule has 1 rings (SSSR count). The van der Waals surface area contributed by atoms with E-state index in [0.717, 1.165) is 29.7 Å². The minimum absolute atomic E-state index is 0.252. The van der Waals surface area contributed by atoms with E-state index in [4.69, 9.17) is 10.5 Å². The van der Waals surface area contributed by atoms with Gasteiger partial charge in [0.25, 0.3) is 0 Å². The smallest absolute Gasteiger partial charge is 0.217 e. The summed E-state index contributed by atoms with van der Waals surface area (Å²) in [6, 6.07) is 7.71. The van der Waals surface area contributed by atoms with Crippen molar-refractivity contribution in [3.8, 4) is 5.75 Å². The van der Waals surface area contributed by atoms with E-state index in [1.54, 1.807) is 0 Å². The lowest BCUT2D eigenvalue weighted by Crippen LogP contribution is -2.23. The van der Waals surface area contributed by atoms with E-state index < -0.39 is 0 Å². The van der Waals surface area contributed by atoms with Crippen LogP contribution >= 0.6 is 15.9 Å². The summed E-state index contributed by atoms with van der Waals surface area (Å²) in [7, 11) is 0. The van der Waals surface area contributed by atoms with Gasteiger partial charge in [-0.15, -0.1) is 0 Å². The molecule has 0 aliphatic carbocycles. The summed E-state index contributed by atoms with van der Waals surface area (Å²) in [6.07, 6.45) is 1.20. The molecule has 0 heterocycles. The zero-order valence-electron chi connectivity index (χ0n) is 9.62. The number of benzene rings is 1. The fourth-order valence-corrected chi connectivity index (χ4v) is 1.55. The standard InChI is InChI=1S/C12H17BrN2O2/c13-10-3-5-11(6-4-10)17-9-8-15-7-1-2-12(14)16/h3-6,15H,1-2,7-9H2,(H2,14,16). The highest BCUT2D eigenvalue weighted by molar-refractivity contribution is 9.10. The normalized spacial score (nSPS) is 10.2. The number of hydrogen-bond acceptors (Lipinski definition) is 3. The SMILES string of the molecule is NC(=O)CCCNCCOc1ccc(Br)cc1. The number of nitrogens with one attached hydrogen (secondary N) is 1. The number of carbonyl (C=O) groups is 1. The molecule has 3 N–H and O–H groups in total. The van der Waals surface area contributed by atoms with E-state index in [-0.39, 0.29) is 5.91 Å². The van der Waals surface area contributed by atoms with Crippen molar-refractivity contribution in [1.29, 1.82) is 0 Å². The zero-order chi connectivity index (χ0) is 12.5. The Morgan fingerprint density at radius 2 is 2.00 bits per heavy atom. The van der Waals surface area contributed by atoms with Gasteiger partial charge in [0.1, 0.15) is 12.4 Å². The largest absolute Gasteiger partial charge is 0.492 e. The van der Waals surface area contributed by atoms with Gasteiger partial charge in [-0.25, -0.2) is 0 Å². The van der Waals surface area contributed by atoms with Gasteiger partial charge in [-0.05, 0) is 37.2 Å². The van der Waals surface area contributed by atoms with Gasteiger partial charge in [0, 0.05) is 17.4 Å². The maximum absolute atomic E-state index is 10.5. The van der Waals surface area contributed by atoms with Gasteiger partial charge in [0.05, 0.1) is 0 Å². The average Bonchev–Trinajstić information content (AvgIpc) is 2.30. The molecule has 5 heteroatoms. The van der Waals surface area contributed by atoms with Gasteiger partial charge < -0.3 is 15.8 Å². The third-order valence-corrected chi connectivity index (χ3v) is 2.67. The Hall–Kier alpha value is -1.07. The summed E-state index contributed by atoms with van der Waals surface area (Å²) in [5.41, 5.74) is 5.03. The van der Waals surface area contributed by atoms with Crippen molar-refractivity contribution in [3.05, 3.63) is 28.7 Å². The summed E-state index contributed by atoms with van der Waals surface area (Å²) >= 11 is 3.36. The monoisotopic (exact) mass is 300 g/mol. The van der Waals surface area contributed by atoms with Gasteiger partial charge in [0.2, 0.25) is 5.91 Å². The number of ether oxygens (including phenoxy) is 1. The van der Waals surface area contributed by atoms with Crippen LogP contribution in [0.2, 0.25) is 0 Å². The Bertz CT molecular complexity index is 341. The molecule has 4 nitrogen and oxygen atoms in total. The van der Waals surface area contributed by atoms with Gasteiger partial charge in [-0.2, -0.15) is 0 Å². The maximum atomic E-state index is 10.5. The molecule has 0 saturated carbocycles. The van der Waals surface area contributed by atoms with Crippen LogP contribution in [0.5, 0.6) is 5.75 Å². The molecule has 0 fully saturated rings. The number of carbonyl (C=O) groups excluding carboxylic acids is 1. The molecule has 0 radical (unpaired) electrons. The highest BCUT2D eigenvalue weighted by Crippen LogP contribution is 2.15. The predicted molar refractivity (Wildman–Crippen MR) is 70.9 cm³/mol. The summed E-state index contributed by atoms with van der Waals surface area (Å²) in [5, 5.41) is 3.18. The first-order chi connectivity index (χ1) is 8.18. The molecule has 0 saturated heterocycles. The first-order valence-corrected chi connectivity index (χ1v) is 6.35. The quantitative estimate of drug-likeness (QED) is 0.718. The van der Waals surface area contributed by atoms with Crippen LogP contribution in [-0.4, -0.2) is 25.6 Å². The van der Waals surface area contributed by atoms with Crippen LogP contribution < -0.4 is 15.8 Å². The van der Waals surface area contributed by atoms with Crippen LogP contribution in [0.1, 0.15) is 12.8 Å². The molecular weight excluding hydrogens is 284 g/mol. The number of nitrogens with two attached hydrogens (primary N) is 1. The highest BCUT2D eigenvalue weighted by Gasteiger charge is 1.95. The number of hydrogen-bond donors (Lipinski definition) is 2. The van der Waals surface area contributed by atoms with Crippen molar-refractivity contribution in [3.63, 3.8) is 0 Å². The Morgan fingerprint density at radius 1 is 1.29 bits per heavy atom. The molecule has 0 bridgehead atoms. The first-order valence-electron chi connectivity index (χ1n) is 5.56. The molecule has 0 unspecified atom stereocenters. The van der Waals surface area contributed by atoms with Crippen molar-refractivity contribution in [1.82, 2.24) is 5.32 Å².